The molecule has 29 heavy (non-hydrogen) atoms. The van der Waals surface area contributed by atoms with Crippen LogP contribution in [-0.2, 0) is 20.7 Å². The van der Waals surface area contributed by atoms with Crippen LogP contribution in [0.4, 0.5) is 4.79 Å². The van der Waals surface area contributed by atoms with Crippen LogP contribution in [0.1, 0.15) is 57.4 Å². The zero-order valence-corrected chi connectivity index (χ0v) is 18.2. The molecule has 2 N–H and O–H groups in total. The van der Waals surface area contributed by atoms with E-state index in [0.29, 0.717) is 24.2 Å². The summed E-state index contributed by atoms with van der Waals surface area (Å²) in [5, 5.41) is 4.65. The molecule has 0 radical (unpaired) electrons. The van der Waals surface area contributed by atoms with Crippen LogP contribution in [0.15, 0.2) is 28.6 Å². The van der Waals surface area contributed by atoms with Crippen LogP contribution >= 0.6 is 0 Å². The highest BCUT2D eigenvalue weighted by molar-refractivity contribution is 7.61. The lowest BCUT2D eigenvalue weighted by Crippen LogP contribution is -2.51. The Morgan fingerprint density at radius 1 is 1.07 bits per heavy atom. The monoisotopic (exact) mass is 425 g/mol. The lowest BCUT2D eigenvalue weighted by Gasteiger charge is -2.31. The van der Waals surface area contributed by atoms with E-state index in [9.17, 15) is 18.0 Å². The topological polar surface area (TPSA) is 114 Å². The van der Waals surface area contributed by atoms with E-state index in [2.05, 4.69) is 21.9 Å². The van der Waals surface area contributed by atoms with Gasteiger partial charge >= 0.3 is 16.5 Å². The molecule has 8 nitrogen and oxygen atoms in total. The summed E-state index contributed by atoms with van der Waals surface area (Å²) in [5.41, 5.74) is -0.689. The summed E-state index contributed by atoms with van der Waals surface area (Å²) in [7, 11) is 0.275. The van der Waals surface area contributed by atoms with E-state index in [1.165, 1.54) is 14.2 Å². The molecule has 0 saturated heterocycles. The minimum Gasteiger partial charge on any atom is -0.497 e. The molecule has 0 saturated carbocycles. The second kappa shape index (κ2) is 12.9. The van der Waals surface area contributed by atoms with Crippen molar-refractivity contribution in [2.45, 2.75) is 57.3 Å². The molecule has 1 rings (SSSR count). The molecule has 0 fully saturated rings. The fourth-order valence-electron chi connectivity index (χ4n) is 3.20. The van der Waals surface area contributed by atoms with Gasteiger partial charge in [0.2, 0.25) is 5.91 Å². The van der Waals surface area contributed by atoms with E-state index in [-0.39, 0.29) is 6.54 Å². The lowest BCUT2D eigenvalue weighted by molar-refractivity contribution is -0.125. The molecule has 0 aliphatic carbocycles. The fourth-order valence-corrected chi connectivity index (χ4v) is 3.52. The Labute approximate surface area is 174 Å². The Balaban J connectivity index is 3.23. The van der Waals surface area contributed by atoms with Crippen molar-refractivity contribution in [1.82, 2.24) is 10.6 Å². The predicted molar refractivity (Wildman–Crippen MR) is 111 cm³/mol. The molecule has 0 spiro atoms. The molecule has 1 atom stereocenters. The third-order valence-electron chi connectivity index (χ3n) is 4.93. The normalized spacial score (nSPS) is 12.5. The molecule has 0 bridgehead atoms. The number of ether oxygens (including phenoxy) is 1. The number of methoxy groups -OCH3 is 1. The number of urea groups is 1. The average molecular weight is 426 g/mol. The molecule has 162 valence electrons. The molecular formula is C20H31N3O5S. The minimum absolute atomic E-state index is 0.271. The van der Waals surface area contributed by atoms with Gasteiger partial charge in [-0.15, -0.1) is 0 Å². The van der Waals surface area contributed by atoms with Crippen LogP contribution in [0.2, 0.25) is 0 Å². The molecule has 1 unspecified atom stereocenters. The summed E-state index contributed by atoms with van der Waals surface area (Å²) in [4.78, 5) is 24.9. The maximum atomic E-state index is 13.1. The fraction of sp³-hybridized carbons (Fsp3) is 0.600. The van der Waals surface area contributed by atoms with Crippen molar-refractivity contribution in [2.24, 2.45) is 4.36 Å². The summed E-state index contributed by atoms with van der Waals surface area (Å²) < 4.78 is 31.0. The second-order valence-corrected chi connectivity index (χ2v) is 7.56. The van der Waals surface area contributed by atoms with Gasteiger partial charge in [0, 0.05) is 7.05 Å². The van der Waals surface area contributed by atoms with E-state index < -0.39 is 27.9 Å². The maximum absolute atomic E-state index is 13.1. The number of unbranched alkanes of at least 4 members (excludes halogenated alkanes) is 5. The summed E-state index contributed by atoms with van der Waals surface area (Å²) in [5.74, 6) is 0.0306. The zero-order valence-electron chi connectivity index (χ0n) is 17.4. The third-order valence-corrected chi connectivity index (χ3v) is 5.27. The summed E-state index contributed by atoms with van der Waals surface area (Å²) in [6, 6.07) is 6.17. The SMILES string of the molecule is CCCCCCCCC(CN=S(=O)=O)(C(=O)NC(=O)NC)c1ccc(OC)cc1. The van der Waals surface area contributed by atoms with Crippen LogP contribution in [-0.4, -0.2) is 41.1 Å². The largest absolute Gasteiger partial charge is 0.497 e. The highest BCUT2D eigenvalue weighted by Gasteiger charge is 2.41. The number of rotatable bonds is 12. The first kappa shape index (κ1) is 24.6. The molecule has 0 aliphatic rings. The molecule has 0 aliphatic heterocycles. The predicted octanol–water partition coefficient (Wildman–Crippen LogP) is 3.20. The first-order chi connectivity index (χ1) is 13.9. The molecular weight excluding hydrogens is 394 g/mol. The maximum Gasteiger partial charge on any atom is 0.321 e. The zero-order chi connectivity index (χ0) is 21.7. The van der Waals surface area contributed by atoms with Gasteiger partial charge in [-0.25, -0.2) is 4.79 Å². The number of nitrogens with one attached hydrogen (secondary N) is 2. The van der Waals surface area contributed by atoms with Crippen molar-refractivity contribution in [3.63, 3.8) is 0 Å². The Bertz CT molecular complexity index is 785. The Morgan fingerprint density at radius 2 is 1.69 bits per heavy atom. The summed E-state index contributed by atoms with van der Waals surface area (Å²) >= 11 is 0. The van der Waals surface area contributed by atoms with Crippen LogP contribution in [0.5, 0.6) is 5.75 Å². The number of nitrogens with zero attached hydrogens (tertiary/aromatic N) is 1. The van der Waals surface area contributed by atoms with Gasteiger partial charge in [-0.3, -0.25) is 10.1 Å². The number of carbonyl (C=O) groups is 2. The van der Waals surface area contributed by atoms with Gasteiger partial charge in [-0.1, -0.05) is 57.6 Å². The van der Waals surface area contributed by atoms with Gasteiger partial charge in [0.05, 0.1) is 19.1 Å². The van der Waals surface area contributed by atoms with Gasteiger partial charge in [0.1, 0.15) is 5.75 Å². The van der Waals surface area contributed by atoms with Crippen molar-refractivity contribution in [2.75, 3.05) is 20.7 Å². The number of carbonyl (C=O) groups excluding carboxylic acids is 2. The van der Waals surface area contributed by atoms with Gasteiger partial charge in [-0.2, -0.15) is 12.8 Å². The van der Waals surface area contributed by atoms with Gasteiger partial charge in [0.15, 0.2) is 0 Å². The van der Waals surface area contributed by atoms with Gasteiger partial charge < -0.3 is 10.1 Å². The van der Waals surface area contributed by atoms with E-state index in [1.54, 1.807) is 24.3 Å². The third kappa shape index (κ3) is 7.84. The van der Waals surface area contributed by atoms with Crippen LogP contribution in [0.25, 0.3) is 0 Å². The van der Waals surface area contributed by atoms with E-state index in [4.69, 9.17) is 4.74 Å². The summed E-state index contributed by atoms with van der Waals surface area (Å²) in [6.45, 7) is 1.87. The van der Waals surface area contributed by atoms with E-state index >= 15 is 0 Å². The second-order valence-electron chi connectivity index (χ2n) is 6.87. The average Bonchev–Trinajstić information content (AvgIpc) is 2.72. The van der Waals surface area contributed by atoms with Crippen LogP contribution in [0, 0.1) is 0 Å². The van der Waals surface area contributed by atoms with Crippen molar-refractivity contribution in [3.8, 4) is 5.75 Å². The van der Waals surface area contributed by atoms with Crippen molar-refractivity contribution < 1.29 is 22.7 Å². The Hall–Kier alpha value is -2.42. The summed E-state index contributed by atoms with van der Waals surface area (Å²) in [6.07, 6.45) is 6.43. The number of amides is 3. The Kier molecular flexibility index (Phi) is 11.0. The van der Waals surface area contributed by atoms with Crippen molar-refractivity contribution in [1.29, 1.82) is 0 Å². The molecule has 1 aromatic carbocycles. The number of benzene rings is 1. The minimum atomic E-state index is -2.66. The molecule has 3 amide bonds. The van der Waals surface area contributed by atoms with Crippen LogP contribution in [0.3, 0.4) is 0 Å². The smallest absolute Gasteiger partial charge is 0.321 e. The van der Waals surface area contributed by atoms with Crippen molar-refractivity contribution >= 4 is 22.4 Å². The lowest BCUT2D eigenvalue weighted by atomic mass is 9.75. The van der Waals surface area contributed by atoms with E-state index in [1.807, 2.05) is 0 Å². The molecule has 0 aromatic heterocycles. The quantitative estimate of drug-likeness (QED) is 0.499. The van der Waals surface area contributed by atoms with Crippen LogP contribution < -0.4 is 15.4 Å². The molecule has 1 aromatic rings. The van der Waals surface area contributed by atoms with Gasteiger partial charge in [0.25, 0.3) is 0 Å². The Morgan fingerprint density at radius 3 is 2.24 bits per heavy atom. The number of hydrogen-bond donors (Lipinski definition) is 2. The standard InChI is InChI=1S/C20H31N3O5S/c1-4-5-6-7-8-9-14-20(15-22-29(26)27,18(24)23-19(25)21-2)16-10-12-17(28-3)13-11-16/h10-13H,4-9,14-15H2,1-3H3,(H2,21,23,24,25). The van der Waals surface area contributed by atoms with Crippen molar-refractivity contribution in [3.05, 3.63) is 29.8 Å². The number of imide groups is 1. The molecule has 0 heterocycles. The molecule has 9 heteroatoms. The van der Waals surface area contributed by atoms with E-state index in [0.717, 1.165) is 32.1 Å². The first-order valence-electron chi connectivity index (χ1n) is 9.84. The number of hydrogen-bond acceptors (Lipinski definition) is 6. The van der Waals surface area contributed by atoms with Gasteiger partial charge in [-0.05, 0) is 24.1 Å². The highest BCUT2D eigenvalue weighted by Crippen LogP contribution is 2.33. The highest BCUT2D eigenvalue weighted by atomic mass is 32.2. The first-order valence-corrected chi connectivity index (χ1v) is 10.9.